The average Bonchev–Trinajstić information content (AvgIpc) is 2.58. The van der Waals surface area contributed by atoms with Crippen LogP contribution in [-0.4, -0.2) is 30.4 Å². The van der Waals surface area contributed by atoms with Gasteiger partial charge < -0.3 is 15.4 Å². The number of benzene rings is 2. The molecular weight excluding hydrogens is 312 g/mol. The molecule has 0 spiro atoms. The van der Waals surface area contributed by atoms with E-state index in [-0.39, 0.29) is 11.9 Å². The lowest BCUT2D eigenvalue weighted by Crippen LogP contribution is -2.39. The molecular formula is C18H21ClN2O2. The second-order valence-electron chi connectivity index (χ2n) is 5.45. The third-order valence-electron chi connectivity index (χ3n) is 3.70. The third-order valence-corrected chi connectivity index (χ3v) is 3.93. The Balaban J connectivity index is 2.06. The largest absolute Gasteiger partial charge is 0.489 e. The normalized spacial score (nSPS) is 11.8. The van der Waals surface area contributed by atoms with Gasteiger partial charge in [-0.1, -0.05) is 29.8 Å². The van der Waals surface area contributed by atoms with Crippen molar-refractivity contribution in [1.29, 1.82) is 0 Å². The zero-order valence-corrected chi connectivity index (χ0v) is 14.1. The molecule has 1 atom stereocenters. The van der Waals surface area contributed by atoms with Crippen molar-refractivity contribution in [3.8, 4) is 5.75 Å². The van der Waals surface area contributed by atoms with Crippen LogP contribution in [0.25, 0.3) is 0 Å². The maximum Gasteiger partial charge on any atom is 0.254 e. The van der Waals surface area contributed by atoms with Crippen molar-refractivity contribution in [2.75, 3.05) is 13.6 Å². The zero-order valence-electron chi connectivity index (χ0n) is 13.3. The Hall–Kier alpha value is -2.04. The summed E-state index contributed by atoms with van der Waals surface area (Å²) in [5.41, 5.74) is 7.17. The molecule has 1 amide bonds. The lowest BCUT2D eigenvalue weighted by Gasteiger charge is -2.23. The molecule has 2 aromatic rings. The summed E-state index contributed by atoms with van der Waals surface area (Å²) in [6.45, 7) is 2.73. The number of rotatable bonds is 6. The molecule has 5 heteroatoms. The van der Waals surface area contributed by atoms with Crippen molar-refractivity contribution in [2.45, 2.75) is 19.6 Å². The van der Waals surface area contributed by atoms with Gasteiger partial charge in [0.05, 0.1) is 0 Å². The number of nitrogens with zero attached hydrogens (tertiary/aromatic N) is 1. The number of likely N-dealkylation sites (N-methyl/N-ethyl adjacent to an activating group) is 1. The minimum absolute atomic E-state index is 0.0152. The third kappa shape index (κ3) is 4.71. The first-order chi connectivity index (χ1) is 11.0. The van der Waals surface area contributed by atoms with E-state index < -0.39 is 0 Å². The van der Waals surface area contributed by atoms with Gasteiger partial charge in [0.25, 0.3) is 5.91 Å². The molecule has 0 fully saturated rings. The monoisotopic (exact) mass is 332 g/mol. The topological polar surface area (TPSA) is 55.6 Å². The van der Waals surface area contributed by atoms with Crippen LogP contribution >= 0.6 is 11.6 Å². The molecule has 0 aromatic heterocycles. The van der Waals surface area contributed by atoms with Crippen LogP contribution in [0.3, 0.4) is 0 Å². The Labute approximate surface area is 141 Å². The van der Waals surface area contributed by atoms with Crippen molar-refractivity contribution >= 4 is 17.5 Å². The Morgan fingerprint density at radius 1 is 1.26 bits per heavy atom. The van der Waals surface area contributed by atoms with Gasteiger partial charge in [-0.3, -0.25) is 4.79 Å². The number of hydrogen-bond acceptors (Lipinski definition) is 3. The van der Waals surface area contributed by atoms with Gasteiger partial charge in [0.1, 0.15) is 12.4 Å². The van der Waals surface area contributed by atoms with Gasteiger partial charge in [0, 0.05) is 30.2 Å². The molecule has 0 saturated heterocycles. The van der Waals surface area contributed by atoms with Gasteiger partial charge in [-0.25, -0.2) is 0 Å². The first kappa shape index (κ1) is 17.3. The van der Waals surface area contributed by atoms with Gasteiger partial charge in [-0.2, -0.15) is 0 Å². The summed E-state index contributed by atoms with van der Waals surface area (Å²) < 4.78 is 5.75. The lowest BCUT2D eigenvalue weighted by atomic mass is 10.1. The summed E-state index contributed by atoms with van der Waals surface area (Å²) in [6.07, 6.45) is 0. The molecule has 0 aliphatic rings. The van der Waals surface area contributed by atoms with Gasteiger partial charge in [-0.15, -0.1) is 0 Å². The molecule has 0 radical (unpaired) electrons. The van der Waals surface area contributed by atoms with Gasteiger partial charge in [0.2, 0.25) is 0 Å². The zero-order chi connectivity index (χ0) is 16.8. The molecule has 0 bridgehead atoms. The van der Waals surface area contributed by atoms with Crippen molar-refractivity contribution in [2.24, 2.45) is 5.73 Å². The molecule has 0 aliphatic heterocycles. The molecule has 1 unspecified atom stereocenters. The maximum absolute atomic E-state index is 12.4. The van der Waals surface area contributed by atoms with E-state index in [0.717, 1.165) is 5.56 Å². The van der Waals surface area contributed by atoms with Crippen LogP contribution < -0.4 is 10.5 Å². The van der Waals surface area contributed by atoms with Crippen LogP contribution in [0.15, 0.2) is 48.5 Å². The van der Waals surface area contributed by atoms with Gasteiger partial charge in [-0.05, 0) is 42.8 Å². The summed E-state index contributed by atoms with van der Waals surface area (Å²) >= 11 is 5.96. The predicted molar refractivity (Wildman–Crippen MR) is 92.8 cm³/mol. The van der Waals surface area contributed by atoms with Crippen molar-refractivity contribution in [3.63, 3.8) is 0 Å². The molecule has 2 rings (SSSR count). The van der Waals surface area contributed by atoms with E-state index >= 15 is 0 Å². The van der Waals surface area contributed by atoms with E-state index in [1.807, 2.05) is 43.3 Å². The van der Waals surface area contributed by atoms with Gasteiger partial charge >= 0.3 is 0 Å². The van der Waals surface area contributed by atoms with E-state index in [1.54, 1.807) is 24.1 Å². The Morgan fingerprint density at radius 3 is 2.70 bits per heavy atom. The highest BCUT2D eigenvalue weighted by Crippen LogP contribution is 2.18. The summed E-state index contributed by atoms with van der Waals surface area (Å²) in [5.74, 6) is 0.570. The summed E-state index contributed by atoms with van der Waals surface area (Å²) in [5, 5.41) is 0.674. The minimum Gasteiger partial charge on any atom is -0.489 e. The molecule has 4 nitrogen and oxygen atoms in total. The maximum atomic E-state index is 12.4. The number of carbonyl (C=O) groups is 1. The second kappa shape index (κ2) is 7.99. The number of nitrogens with two attached hydrogens (primary N) is 1. The number of carbonyl (C=O) groups excluding carboxylic acids is 1. The highest BCUT2D eigenvalue weighted by molar-refractivity contribution is 6.30. The Bertz CT molecular complexity index is 676. The molecule has 0 heterocycles. The fourth-order valence-corrected chi connectivity index (χ4v) is 2.29. The number of amides is 1. The molecule has 2 aromatic carbocycles. The molecule has 23 heavy (non-hydrogen) atoms. The van der Waals surface area contributed by atoms with Crippen LogP contribution in [0.2, 0.25) is 5.02 Å². The summed E-state index contributed by atoms with van der Waals surface area (Å²) in [6, 6.07) is 14.6. The van der Waals surface area contributed by atoms with Crippen molar-refractivity contribution in [3.05, 3.63) is 64.7 Å². The van der Waals surface area contributed by atoms with Crippen LogP contribution in [-0.2, 0) is 6.61 Å². The summed E-state index contributed by atoms with van der Waals surface area (Å²) in [4.78, 5) is 14.0. The van der Waals surface area contributed by atoms with E-state index in [0.29, 0.717) is 29.5 Å². The average molecular weight is 333 g/mol. The number of hydrogen-bond donors (Lipinski definition) is 1. The quantitative estimate of drug-likeness (QED) is 0.882. The smallest absolute Gasteiger partial charge is 0.254 e. The lowest BCUT2D eigenvalue weighted by molar-refractivity contribution is 0.0748. The minimum atomic E-state index is -0.0730. The molecule has 0 saturated carbocycles. The standard InChI is InChI=1S/C18H21ClN2O2/c1-13(11-20)21(2)18(22)15-6-4-8-17(10-15)23-12-14-5-3-7-16(19)9-14/h3-10,13H,11-12,20H2,1-2H3. The first-order valence-electron chi connectivity index (χ1n) is 7.46. The van der Waals surface area contributed by atoms with E-state index in [1.165, 1.54) is 0 Å². The SMILES string of the molecule is CC(CN)N(C)C(=O)c1cccc(OCc2cccc(Cl)c2)c1. The fourth-order valence-electron chi connectivity index (χ4n) is 2.07. The second-order valence-corrected chi connectivity index (χ2v) is 5.88. The molecule has 2 N–H and O–H groups in total. The predicted octanol–water partition coefficient (Wildman–Crippen LogP) is 3.34. The van der Waals surface area contributed by atoms with Crippen LogP contribution in [0.4, 0.5) is 0 Å². The molecule has 122 valence electrons. The van der Waals surface area contributed by atoms with Crippen LogP contribution in [0, 0.1) is 0 Å². The number of ether oxygens (including phenoxy) is 1. The molecule has 0 aliphatic carbocycles. The highest BCUT2D eigenvalue weighted by Gasteiger charge is 2.16. The van der Waals surface area contributed by atoms with Crippen LogP contribution in [0.5, 0.6) is 5.75 Å². The van der Waals surface area contributed by atoms with E-state index in [9.17, 15) is 4.79 Å². The first-order valence-corrected chi connectivity index (χ1v) is 7.83. The van der Waals surface area contributed by atoms with E-state index in [2.05, 4.69) is 0 Å². The highest BCUT2D eigenvalue weighted by atomic mass is 35.5. The summed E-state index contributed by atoms with van der Waals surface area (Å²) in [7, 11) is 1.75. The Morgan fingerprint density at radius 2 is 2.00 bits per heavy atom. The van der Waals surface area contributed by atoms with Crippen LogP contribution in [0.1, 0.15) is 22.8 Å². The Kier molecular flexibility index (Phi) is 6.02. The van der Waals surface area contributed by atoms with Crippen molar-refractivity contribution < 1.29 is 9.53 Å². The van der Waals surface area contributed by atoms with Gasteiger partial charge in [0.15, 0.2) is 0 Å². The number of halogens is 1. The fraction of sp³-hybridized carbons (Fsp3) is 0.278. The van der Waals surface area contributed by atoms with E-state index in [4.69, 9.17) is 22.1 Å². The van der Waals surface area contributed by atoms with Crippen molar-refractivity contribution in [1.82, 2.24) is 4.90 Å².